The van der Waals surface area contributed by atoms with Crippen LogP contribution in [-0.4, -0.2) is 58.5 Å². The molecule has 3 amide bonds. The minimum atomic E-state index is -0.587. The summed E-state index contributed by atoms with van der Waals surface area (Å²) in [5.41, 5.74) is 1.59. The first-order valence-electron chi connectivity index (χ1n) is 9.60. The van der Waals surface area contributed by atoms with E-state index in [0.29, 0.717) is 21.6 Å². The maximum Gasteiger partial charge on any atom is 0.413 e. The number of benzene rings is 1. The molecule has 1 aliphatic rings. The standard InChI is InChI=1S/C19H23N5O4S2/c1-2-28-18(27)21-17-22-23-19(30-17)29-12-15(25)20-11-13-5-7-14(8-6-13)16(26)24-9-3-4-10-24/h5-8H,2-4,9-12H2,1H3,(H,20,25)(H,21,22,27). The molecule has 0 unspecified atom stereocenters. The average Bonchev–Trinajstić information content (AvgIpc) is 3.43. The van der Waals surface area contributed by atoms with E-state index in [-0.39, 0.29) is 24.2 Å². The van der Waals surface area contributed by atoms with Crippen LogP contribution in [0, 0.1) is 0 Å². The van der Waals surface area contributed by atoms with E-state index in [0.717, 1.165) is 31.5 Å². The van der Waals surface area contributed by atoms with Crippen LogP contribution < -0.4 is 10.6 Å². The molecule has 160 valence electrons. The van der Waals surface area contributed by atoms with E-state index >= 15 is 0 Å². The minimum absolute atomic E-state index is 0.0633. The first kappa shape index (κ1) is 22.0. The Hall–Kier alpha value is -2.66. The van der Waals surface area contributed by atoms with Crippen molar-refractivity contribution >= 4 is 46.1 Å². The van der Waals surface area contributed by atoms with Gasteiger partial charge in [-0.25, -0.2) is 4.79 Å². The van der Waals surface area contributed by atoms with Gasteiger partial charge in [0.1, 0.15) is 0 Å². The quantitative estimate of drug-likeness (QED) is 0.470. The van der Waals surface area contributed by atoms with E-state index in [1.165, 1.54) is 23.1 Å². The van der Waals surface area contributed by atoms with Gasteiger partial charge in [0, 0.05) is 25.2 Å². The van der Waals surface area contributed by atoms with Crippen molar-refractivity contribution in [3.63, 3.8) is 0 Å². The highest BCUT2D eigenvalue weighted by molar-refractivity contribution is 8.01. The van der Waals surface area contributed by atoms with Crippen LogP contribution in [0.25, 0.3) is 0 Å². The second-order valence-electron chi connectivity index (χ2n) is 6.48. The monoisotopic (exact) mass is 449 g/mol. The van der Waals surface area contributed by atoms with Gasteiger partial charge in [0.25, 0.3) is 5.91 Å². The third-order valence-corrected chi connectivity index (χ3v) is 6.27. The van der Waals surface area contributed by atoms with Gasteiger partial charge in [-0.15, -0.1) is 10.2 Å². The number of thioether (sulfide) groups is 1. The highest BCUT2D eigenvalue weighted by atomic mass is 32.2. The maximum absolute atomic E-state index is 12.4. The lowest BCUT2D eigenvalue weighted by Gasteiger charge is -2.15. The molecule has 1 fully saturated rings. The smallest absolute Gasteiger partial charge is 0.413 e. The van der Waals surface area contributed by atoms with Gasteiger partial charge in [0.05, 0.1) is 12.4 Å². The number of carbonyl (C=O) groups is 3. The van der Waals surface area contributed by atoms with Gasteiger partial charge in [-0.1, -0.05) is 35.2 Å². The maximum atomic E-state index is 12.4. The van der Waals surface area contributed by atoms with Gasteiger partial charge >= 0.3 is 6.09 Å². The summed E-state index contributed by atoms with van der Waals surface area (Å²) in [4.78, 5) is 37.7. The van der Waals surface area contributed by atoms with Crippen molar-refractivity contribution in [2.45, 2.75) is 30.6 Å². The normalized spacial score (nSPS) is 13.2. The summed E-state index contributed by atoms with van der Waals surface area (Å²) in [6, 6.07) is 7.32. The number of amides is 3. The van der Waals surface area contributed by atoms with Crippen LogP contribution in [0.15, 0.2) is 28.6 Å². The van der Waals surface area contributed by atoms with Crippen molar-refractivity contribution in [1.82, 2.24) is 20.4 Å². The molecule has 3 rings (SSSR count). The van der Waals surface area contributed by atoms with E-state index in [1.807, 2.05) is 17.0 Å². The Morgan fingerprint density at radius 2 is 1.90 bits per heavy atom. The Morgan fingerprint density at radius 1 is 1.17 bits per heavy atom. The fourth-order valence-corrected chi connectivity index (χ4v) is 4.39. The van der Waals surface area contributed by atoms with Crippen molar-refractivity contribution in [3.8, 4) is 0 Å². The molecular weight excluding hydrogens is 426 g/mol. The number of nitrogens with zero attached hydrogens (tertiary/aromatic N) is 3. The largest absolute Gasteiger partial charge is 0.450 e. The van der Waals surface area contributed by atoms with Crippen molar-refractivity contribution < 1.29 is 19.1 Å². The van der Waals surface area contributed by atoms with Crippen LogP contribution >= 0.6 is 23.1 Å². The SMILES string of the molecule is CCOC(=O)Nc1nnc(SCC(=O)NCc2ccc(C(=O)N3CCCC3)cc2)s1. The highest BCUT2D eigenvalue weighted by Crippen LogP contribution is 2.25. The molecule has 1 aliphatic heterocycles. The highest BCUT2D eigenvalue weighted by Gasteiger charge is 2.19. The van der Waals surface area contributed by atoms with Crippen LogP contribution in [0.1, 0.15) is 35.7 Å². The third-order valence-electron chi connectivity index (χ3n) is 4.30. The second-order valence-corrected chi connectivity index (χ2v) is 8.68. The molecule has 30 heavy (non-hydrogen) atoms. The van der Waals surface area contributed by atoms with E-state index in [2.05, 4.69) is 20.8 Å². The number of nitrogens with one attached hydrogen (secondary N) is 2. The summed E-state index contributed by atoms with van der Waals surface area (Å²) in [5.74, 6) is 0.0974. The van der Waals surface area contributed by atoms with Gasteiger partial charge in [0.2, 0.25) is 11.0 Å². The molecule has 0 aliphatic carbocycles. The lowest BCUT2D eigenvalue weighted by atomic mass is 10.1. The molecule has 2 N–H and O–H groups in total. The Morgan fingerprint density at radius 3 is 2.60 bits per heavy atom. The Bertz CT molecular complexity index is 881. The topological polar surface area (TPSA) is 114 Å². The molecule has 1 aromatic carbocycles. The van der Waals surface area contributed by atoms with E-state index < -0.39 is 6.09 Å². The lowest BCUT2D eigenvalue weighted by molar-refractivity contribution is -0.118. The Kier molecular flexibility index (Phi) is 8.03. The molecule has 0 bridgehead atoms. The fraction of sp³-hybridized carbons (Fsp3) is 0.421. The molecule has 0 spiro atoms. The fourth-order valence-electron chi connectivity index (χ4n) is 2.82. The summed E-state index contributed by atoms with van der Waals surface area (Å²) in [6.07, 6.45) is 1.54. The van der Waals surface area contributed by atoms with Gasteiger partial charge < -0.3 is 15.0 Å². The molecule has 2 aromatic rings. The zero-order valence-corrected chi connectivity index (χ0v) is 18.2. The Labute approximate surface area is 182 Å². The third kappa shape index (κ3) is 6.42. The second kappa shape index (κ2) is 10.9. The first-order chi connectivity index (χ1) is 14.5. The number of likely N-dealkylation sites (tertiary alicyclic amines) is 1. The number of aromatic nitrogens is 2. The van der Waals surface area contributed by atoms with Crippen LogP contribution in [0.4, 0.5) is 9.93 Å². The predicted octanol–water partition coefficient (Wildman–Crippen LogP) is 2.75. The summed E-state index contributed by atoms with van der Waals surface area (Å²) in [5, 5.41) is 13.4. The minimum Gasteiger partial charge on any atom is -0.450 e. The summed E-state index contributed by atoms with van der Waals surface area (Å²) in [6.45, 7) is 4.00. The van der Waals surface area contributed by atoms with Crippen molar-refractivity contribution in [1.29, 1.82) is 0 Å². The molecular formula is C19H23N5O4S2. The number of anilines is 1. The summed E-state index contributed by atoms with van der Waals surface area (Å²) >= 11 is 2.41. The molecule has 2 heterocycles. The Balaban J connectivity index is 1.40. The lowest BCUT2D eigenvalue weighted by Crippen LogP contribution is -2.27. The predicted molar refractivity (Wildman–Crippen MR) is 115 cm³/mol. The molecule has 1 aromatic heterocycles. The van der Waals surface area contributed by atoms with Gasteiger partial charge in [-0.2, -0.15) is 0 Å². The van der Waals surface area contributed by atoms with Crippen molar-refractivity contribution in [2.75, 3.05) is 30.8 Å². The van der Waals surface area contributed by atoms with Crippen molar-refractivity contribution in [3.05, 3.63) is 35.4 Å². The van der Waals surface area contributed by atoms with Crippen molar-refractivity contribution in [2.24, 2.45) is 0 Å². The van der Waals surface area contributed by atoms with Gasteiger partial charge in [-0.3, -0.25) is 14.9 Å². The number of carbonyl (C=O) groups excluding carboxylic acids is 3. The molecule has 1 saturated heterocycles. The van der Waals surface area contributed by atoms with Crippen LogP contribution in [0.3, 0.4) is 0 Å². The average molecular weight is 450 g/mol. The molecule has 0 atom stereocenters. The number of rotatable bonds is 8. The first-order valence-corrected chi connectivity index (χ1v) is 11.4. The summed E-state index contributed by atoms with van der Waals surface area (Å²) < 4.78 is 5.34. The van der Waals surface area contributed by atoms with Crippen LogP contribution in [0.2, 0.25) is 0 Å². The number of ether oxygens (including phenoxy) is 1. The molecule has 9 nitrogen and oxygen atoms in total. The van der Waals surface area contributed by atoms with Gasteiger partial charge in [0.15, 0.2) is 4.34 Å². The van der Waals surface area contributed by atoms with Gasteiger partial charge in [-0.05, 0) is 37.5 Å². The van der Waals surface area contributed by atoms with E-state index in [9.17, 15) is 14.4 Å². The van der Waals surface area contributed by atoms with E-state index in [1.54, 1.807) is 19.1 Å². The number of hydrogen-bond donors (Lipinski definition) is 2. The molecule has 0 saturated carbocycles. The summed E-state index contributed by atoms with van der Waals surface area (Å²) in [7, 11) is 0. The molecule has 0 radical (unpaired) electrons. The van der Waals surface area contributed by atoms with E-state index in [4.69, 9.17) is 4.74 Å². The zero-order chi connectivity index (χ0) is 21.3. The number of hydrogen-bond acceptors (Lipinski definition) is 8. The molecule has 11 heteroatoms. The van der Waals surface area contributed by atoms with Crippen LogP contribution in [-0.2, 0) is 16.1 Å². The van der Waals surface area contributed by atoms with Crippen LogP contribution in [0.5, 0.6) is 0 Å². The zero-order valence-electron chi connectivity index (χ0n) is 16.6.